The lowest BCUT2D eigenvalue weighted by Crippen LogP contribution is -2.04. The molecule has 0 saturated heterocycles. The van der Waals surface area contributed by atoms with Crippen LogP contribution in [-0.4, -0.2) is 20.7 Å². The summed E-state index contributed by atoms with van der Waals surface area (Å²) >= 11 is 0. The molecule has 3 rings (SSSR count). The number of carbonyl (C=O) groups excluding carboxylic acids is 1. The van der Waals surface area contributed by atoms with Crippen molar-refractivity contribution in [2.75, 3.05) is 0 Å². The average molecular weight is 283 g/mol. The van der Waals surface area contributed by atoms with E-state index in [9.17, 15) is 4.79 Å². The lowest BCUT2D eigenvalue weighted by Gasteiger charge is -1.99. The van der Waals surface area contributed by atoms with Crippen molar-refractivity contribution in [3.05, 3.63) is 60.2 Å². The van der Waals surface area contributed by atoms with Crippen LogP contribution >= 0.6 is 0 Å². The van der Waals surface area contributed by atoms with Gasteiger partial charge in [0.25, 0.3) is 0 Å². The minimum Gasteiger partial charge on any atom is -0.455 e. The number of aryl methyl sites for hydroxylation is 1. The Morgan fingerprint density at radius 1 is 1.33 bits per heavy atom. The number of carbonyl (C=O) groups is 1. The summed E-state index contributed by atoms with van der Waals surface area (Å²) < 4.78 is 12.1. The first kappa shape index (κ1) is 13.1. The molecule has 0 aliphatic heterocycles. The van der Waals surface area contributed by atoms with E-state index in [2.05, 4.69) is 10.1 Å². The van der Waals surface area contributed by atoms with Crippen LogP contribution in [0.3, 0.4) is 0 Å². The summed E-state index contributed by atoms with van der Waals surface area (Å²) in [4.78, 5) is 16.1. The lowest BCUT2D eigenvalue weighted by atomic mass is 10.2. The van der Waals surface area contributed by atoms with Crippen LogP contribution in [-0.2, 0) is 18.4 Å². The smallest absolute Gasteiger partial charge is 0.341 e. The Balaban J connectivity index is 1.64. The standard InChI is InChI=1S/C15H13N3O3/c1-18-8-12(7-16-18)15(19)21-10-13-9-20-14(17-13)11-5-3-2-4-6-11/h2-9H,10H2,1H3. The second-order valence-electron chi connectivity index (χ2n) is 4.49. The molecule has 0 unspecified atom stereocenters. The van der Waals surface area contributed by atoms with Crippen LogP contribution in [0.5, 0.6) is 0 Å². The fourth-order valence-electron chi connectivity index (χ4n) is 1.84. The zero-order valence-electron chi connectivity index (χ0n) is 11.4. The molecule has 106 valence electrons. The fraction of sp³-hybridized carbons (Fsp3) is 0.133. The van der Waals surface area contributed by atoms with Crippen molar-refractivity contribution in [3.63, 3.8) is 0 Å². The van der Waals surface area contributed by atoms with Crippen LogP contribution in [0.25, 0.3) is 11.5 Å². The Morgan fingerprint density at radius 2 is 2.14 bits per heavy atom. The van der Waals surface area contributed by atoms with Gasteiger partial charge in [0.1, 0.15) is 18.6 Å². The minimum absolute atomic E-state index is 0.0596. The van der Waals surface area contributed by atoms with Crippen molar-refractivity contribution in [3.8, 4) is 11.5 Å². The summed E-state index contributed by atoms with van der Waals surface area (Å²) in [5.74, 6) is 0.0652. The molecule has 0 bridgehead atoms. The van der Waals surface area contributed by atoms with Gasteiger partial charge in [0, 0.05) is 18.8 Å². The van der Waals surface area contributed by atoms with Crippen LogP contribution in [0.1, 0.15) is 16.1 Å². The van der Waals surface area contributed by atoms with Gasteiger partial charge in [-0.2, -0.15) is 5.10 Å². The van der Waals surface area contributed by atoms with E-state index in [0.29, 0.717) is 17.1 Å². The number of hydrogen-bond donors (Lipinski definition) is 0. The van der Waals surface area contributed by atoms with Crippen LogP contribution in [0.15, 0.2) is 53.4 Å². The molecular formula is C15H13N3O3. The highest BCUT2D eigenvalue weighted by Crippen LogP contribution is 2.18. The Hall–Kier alpha value is -2.89. The SMILES string of the molecule is Cn1cc(C(=O)OCc2coc(-c3ccccc3)n2)cn1. The molecule has 2 heterocycles. The van der Waals surface area contributed by atoms with Gasteiger partial charge in [-0.1, -0.05) is 18.2 Å². The van der Waals surface area contributed by atoms with Crippen molar-refractivity contribution in [2.45, 2.75) is 6.61 Å². The lowest BCUT2D eigenvalue weighted by molar-refractivity contribution is 0.0467. The minimum atomic E-state index is -0.438. The molecule has 6 nitrogen and oxygen atoms in total. The highest BCUT2D eigenvalue weighted by molar-refractivity contribution is 5.88. The molecule has 0 N–H and O–H groups in total. The number of nitrogens with zero attached hydrogens (tertiary/aromatic N) is 3. The van der Waals surface area contributed by atoms with E-state index < -0.39 is 5.97 Å². The van der Waals surface area contributed by atoms with Crippen molar-refractivity contribution < 1.29 is 13.9 Å². The maximum absolute atomic E-state index is 11.8. The molecule has 21 heavy (non-hydrogen) atoms. The first-order chi connectivity index (χ1) is 10.2. The topological polar surface area (TPSA) is 70.2 Å². The predicted molar refractivity (Wildman–Crippen MR) is 74.3 cm³/mol. The molecule has 1 aromatic carbocycles. The van der Waals surface area contributed by atoms with E-state index in [1.165, 1.54) is 12.5 Å². The predicted octanol–water partition coefficient (Wildman–Crippen LogP) is 2.43. The Morgan fingerprint density at radius 3 is 2.86 bits per heavy atom. The number of benzene rings is 1. The zero-order chi connectivity index (χ0) is 14.7. The van der Waals surface area contributed by atoms with E-state index in [0.717, 1.165) is 5.56 Å². The third kappa shape index (κ3) is 3.00. The van der Waals surface area contributed by atoms with Crippen LogP contribution < -0.4 is 0 Å². The van der Waals surface area contributed by atoms with Gasteiger partial charge in [0.2, 0.25) is 5.89 Å². The summed E-state index contributed by atoms with van der Waals surface area (Å²) in [6, 6.07) is 9.53. The second kappa shape index (κ2) is 5.62. The van der Waals surface area contributed by atoms with Gasteiger partial charge in [-0.25, -0.2) is 9.78 Å². The summed E-state index contributed by atoms with van der Waals surface area (Å²) in [7, 11) is 1.74. The molecule has 2 aromatic heterocycles. The largest absolute Gasteiger partial charge is 0.455 e. The van der Waals surface area contributed by atoms with Crippen molar-refractivity contribution >= 4 is 5.97 Å². The van der Waals surface area contributed by atoms with Crippen molar-refractivity contribution in [1.82, 2.24) is 14.8 Å². The Labute approximate surface area is 121 Å². The summed E-state index contributed by atoms with van der Waals surface area (Å²) in [5.41, 5.74) is 1.85. The Bertz CT molecular complexity index is 746. The van der Waals surface area contributed by atoms with E-state index in [4.69, 9.17) is 9.15 Å². The van der Waals surface area contributed by atoms with Crippen LogP contribution in [0, 0.1) is 0 Å². The molecule has 0 saturated carbocycles. The second-order valence-corrected chi connectivity index (χ2v) is 4.49. The maximum atomic E-state index is 11.8. The molecule has 0 fully saturated rings. The van der Waals surface area contributed by atoms with Gasteiger partial charge in [0.05, 0.1) is 11.8 Å². The third-order valence-electron chi connectivity index (χ3n) is 2.86. The monoisotopic (exact) mass is 283 g/mol. The van der Waals surface area contributed by atoms with E-state index in [1.54, 1.807) is 17.9 Å². The fourth-order valence-corrected chi connectivity index (χ4v) is 1.84. The summed E-state index contributed by atoms with van der Waals surface area (Å²) in [6.07, 6.45) is 4.54. The summed E-state index contributed by atoms with van der Waals surface area (Å²) in [5, 5.41) is 3.92. The first-order valence-corrected chi connectivity index (χ1v) is 6.38. The number of ether oxygens (including phenoxy) is 1. The van der Waals surface area contributed by atoms with Gasteiger partial charge in [0.15, 0.2) is 0 Å². The average Bonchev–Trinajstić information content (AvgIpc) is 3.15. The third-order valence-corrected chi connectivity index (χ3v) is 2.86. The number of hydrogen-bond acceptors (Lipinski definition) is 5. The van der Waals surface area contributed by atoms with E-state index in [-0.39, 0.29) is 6.61 Å². The molecule has 6 heteroatoms. The highest BCUT2D eigenvalue weighted by Gasteiger charge is 2.12. The number of rotatable bonds is 4. The normalized spacial score (nSPS) is 10.5. The molecule has 0 aliphatic rings. The first-order valence-electron chi connectivity index (χ1n) is 6.38. The molecular weight excluding hydrogens is 270 g/mol. The number of oxazole rings is 1. The Kier molecular flexibility index (Phi) is 3.51. The van der Waals surface area contributed by atoms with Gasteiger partial charge in [-0.3, -0.25) is 4.68 Å². The van der Waals surface area contributed by atoms with Gasteiger partial charge in [-0.15, -0.1) is 0 Å². The number of esters is 1. The van der Waals surface area contributed by atoms with Crippen molar-refractivity contribution in [2.24, 2.45) is 7.05 Å². The van der Waals surface area contributed by atoms with Crippen molar-refractivity contribution in [1.29, 1.82) is 0 Å². The number of aromatic nitrogens is 3. The van der Waals surface area contributed by atoms with Gasteiger partial charge < -0.3 is 9.15 Å². The van der Waals surface area contributed by atoms with Gasteiger partial charge >= 0.3 is 5.97 Å². The molecule has 0 radical (unpaired) electrons. The molecule has 3 aromatic rings. The highest BCUT2D eigenvalue weighted by atomic mass is 16.5. The summed E-state index contributed by atoms with van der Waals surface area (Å²) in [6.45, 7) is 0.0596. The zero-order valence-corrected chi connectivity index (χ0v) is 11.4. The van der Waals surface area contributed by atoms with E-state index in [1.807, 2.05) is 30.3 Å². The maximum Gasteiger partial charge on any atom is 0.341 e. The molecule has 0 spiro atoms. The molecule has 0 atom stereocenters. The molecule has 0 aliphatic carbocycles. The van der Waals surface area contributed by atoms with E-state index >= 15 is 0 Å². The quantitative estimate of drug-likeness (QED) is 0.688. The van der Waals surface area contributed by atoms with Crippen LogP contribution in [0.2, 0.25) is 0 Å². The van der Waals surface area contributed by atoms with Crippen LogP contribution in [0.4, 0.5) is 0 Å². The van der Waals surface area contributed by atoms with Gasteiger partial charge in [-0.05, 0) is 12.1 Å². The molecule has 0 amide bonds.